The van der Waals surface area contributed by atoms with Crippen molar-refractivity contribution in [3.8, 4) is 5.69 Å². The molecule has 0 aliphatic carbocycles. The molecule has 1 aliphatic heterocycles. The number of fused-ring (bicyclic) bond motifs is 1. The number of H-pyrrole nitrogens is 1. The summed E-state index contributed by atoms with van der Waals surface area (Å²) in [5, 5.41) is 20.6. The van der Waals surface area contributed by atoms with Crippen LogP contribution in [-0.2, 0) is 9.53 Å². The number of aromatic amines is 1. The number of aromatic nitrogens is 4. The van der Waals surface area contributed by atoms with E-state index in [-0.39, 0.29) is 23.3 Å². The number of nitrogens with one attached hydrogen (secondary N) is 3. The van der Waals surface area contributed by atoms with E-state index in [0.717, 1.165) is 36.4 Å². The zero-order valence-electron chi connectivity index (χ0n) is 16.8. The highest BCUT2D eigenvalue weighted by molar-refractivity contribution is 7.99. The molecule has 30 heavy (non-hydrogen) atoms. The second kappa shape index (κ2) is 8.79. The molecule has 1 amide bonds. The van der Waals surface area contributed by atoms with Crippen molar-refractivity contribution in [1.82, 2.24) is 25.1 Å². The third-order valence-corrected chi connectivity index (χ3v) is 6.49. The van der Waals surface area contributed by atoms with Gasteiger partial charge in [-0.05, 0) is 44.4 Å². The van der Waals surface area contributed by atoms with E-state index in [1.165, 1.54) is 11.8 Å². The van der Waals surface area contributed by atoms with Gasteiger partial charge in [-0.3, -0.25) is 19.9 Å². The maximum Gasteiger partial charge on any atom is 0.230 e. The number of ether oxygens (including phenoxy) is 1. The fourth-order valence-corrected chi connectivity index (χ4v) is 4.50. The van der Waals surface area contributed by atoms with Gasteiger partial charge in [-0.1, -0.05) is 29.4 Å². The van der Waals surface area contributed by atoms with E-state index < -0.39 is 0 Å². The Bertz CT molecular complexity index is 1150. The van der Waals surface area contributed by atoms with Gasteiger partial charge in [0.2, 0.25) is 5.91 Å². The molecular formula is C20H23ClN6O2S. The standard InChI is InChI=1S/C20H23ClN6O2S/c1-11-14(21)6-3-7-15(11)27-18(22)17-12(2)25-26-19(17)24-20(27)30-10-16(28)23-9-13-5-4-8-29-13/h3,6-7,13,22H,4-5,8-10H2,1-2H3,(H,23,28)(H,25,26). The average molecular weight is 447 g/mol. The molecule has 0 bridgehead atoms. The highest BCUT2D eigenvalue weighted by Crippen LogP contribution is 2.26. The summed E-state index contributed by atoms with van der Waals surface area (Å²) in [5.74, 6) is 0.0738. The number of carbonyl (C=O) groups is 1. The summed E-state index contributed by atoms with van der Waals surface area (Å²) in [7, 11) is 0. The zero-order valence-corrected chi connectivity index (χ0v) is 18.4. The Morgan fingerprint density at radius 2 is 2.30 bits per heavy atom. The smallest absolute Gasteiger partial charge is 0.230 e. The largest absolute Gasteiger partial charge is 0.376 e. The summed E-state index contributed by atoms with van der Waals surface area (Å²) in [6.07, 6.45) is 2.10. The molecule has 3 aromatic rings. The molecule has 0 radical (unpaired) electrons. The van der Waals surface area contributed by atoms with Crippen molar-refractivity contribution in [2.45, 2.75) is 37.9 Å². The first-order valence-electron chi connectivity index (χ1n) is 9.74. The molecule has 0 spiro atoms. The van der Waals surface area contributed by atoms with Crippen molar-refractivity contribution >= 4 is 40.3 Å². The summed E-state index contributed by atoms with van der Waals surface area (Å²) in [6, 6.07) is 5.54. The molecule has 158 valence electrons. The number of halogens is 1. The molecule has 1 fully saturated rings. The van der Waals surface area contributed by atoms with Crippen LogP contribution in [0.25, 0.3) is 16.7 Å². The molecule has 3 N–H and O–H groups in total. The summed E-state index contributed by atoms with van der Waals surface area (Å²) >= 11 is 7.60. The first kappa shape index (κ1) is 20.9. The van der Waals surface area contributed by atoms with Crippen molar-refractivity contribution in [1.29, 1.82) is 5.41 Å². The number of carbonyl (C=O) groups excluding carboxylic acids is 1. The van der Waals surface area contributed by atoms with Gasteiger partial charge < -0.3 is 10.1 Å². The van der Waals surface area contributed by atoms with Crippen LogP contribution in [0.15, 0.2) is 23.4 Å². The van der Waals surface area contributed by atoms with Crippen molar-refractivity contribution in [2.75, 3.05) is 18.9 Å². The van der Waals surface area contributed by atoms with Crippen molar-refractivity contribution in [2.24, 2.45) is 0 Å². The fourth-order valence-electron chi connectivity index (χ4n) is 3.50. The van der Waals surface area contributed by atoms with E-state index in [2.05, 4.69) is 20.5 Å². The number of hydrogen-bond acceptors (Lipinski definition) is 6. The third kappa shape index (κ3) is 4.10. The first-order chi connectivity index (χ1) is 14.5. The van der Waals surface area contributed by atoms with Gasteiger partial charge in [0.25, 0.3) is 0 Å². The molecule has 1 saturated heterocycles. The second-order valence-corrected chi connectivity index (χ2v) is 8.59. The lowest BCUT2D eigenvalue weighted by atomic mass is 10.2. The summed E-state index contributed by atoms with van der Waals surface area (Å²) in [6.45, 7) is 5.03. The molecule has 8 nitrogen and oxygen atoms in total. The zero-order chi connectivity index (χ0) is 21.3. The topological polar surface area (TPSA) is 109 Å². The number of amides is 1. The van der Waals surface area contributed by atoms with Crippen LogP contribution < -0.4 is 10.8 Å². The van der Waals surface area contributed by atoms with Crippen LogP contribution in [0.2, 0.25) is 5.02 Å². The van der Waals surface area contributed by atoms with E-state index in [1.807, 2.05) is 32.0 Å². The van der Waals surface area contributed by atoms with Crippen LogP contribution in [-0.4, -0.2) is 50.7 Å². The van der Waals surface area contributed by atoms with Crippen molar-refractivity contribution < 1.29 is 9.53 Å². The average Bonchev–Trinajstić information content (AvgIpc) is 3.37. The predicted octanol–water partition coefficient (Wildman–Crippen LogP) is 2.89. The number of thioether (sulfide) groups is 1. The molecule has 1 aromatic carbocycles. The van der Waals surface area contributed by atoms with Crippen LogP contribution in [0.1, 0.15) is 24.1 Å². The number of aryl methyl sites for hydroxylation is 1. The van der Waals surface area contributed by atoms with E-state index >= 15 is 0 Å². The Labute approximate surface area is 182 Å². The van der Waals surface area contributed by atoms with Gasteiger partial charge >= 0.3 is 0 Å². The van der Waals surface area contributed by atoms with Crippen LogP contribution in [0.3, 0.4) is 0 Å². The molecule has 3 heterocycles. The van der Waals surface area contributed by atoms with E-state index in [9.17, 15) is 4.79 Å². The van der Waals surface area contributed by atoms with Crippen LogP contribution >= 0.6 is 23.4 Å². The normalized spacial score (nSPS) is 16.3. The van der Waals surface area contributed by atoms with Gasteiger partial charge in [0.1, 0.15) is 5.49 Å². The summed E-state index contributed by atoms with van der Waals surface area (Å²) < 4.78 is 7.27. The van der Waals surface area contributed by atoms with Gasteiger partial charge in [0.15, 0.2) is 10.8 Å². The Kier molecular flexibility index (Phi) is 6.12. The minimum absolute atomic E-state index is 0.0966. The SMILES string of the molecule is Cc1c(Cl)cccc1-n1c(SCC(=O)NCC2CCCO2)nc2n[nH]c(C)c2c1=N. The maximum absolute atomic E-state index is 12.4. The van der Waals surface area contributed by atoms with E-state index in [4.69, 9.17) is 21.7 Å². The van der Waals surface area contributed by atoms with Gasteiger partial charge in [-0.15, -0.1) is 0 Å². The number of benzene rings is 1. The monoisotopic (exact) mass is 446 g/mol. The molecule has 0 saturated carbocycles. The minimum Gasteiger partial charge on any atom is -0.376 e. The summed E-state index contributed by atoms with van der Waals surface area (Å²) in [5.41, 5.74) is 3.06. The van der Waals surface area contributed by atoms with Gasteiger partial charge in [-0.2, -0.15) is 5.10 Å². The molecule has 10 heteroatoms. The lowest BCUT2D eigenvalue weighted by Crippen LogP contribution is -2.33. The molecule has 1 unspecified atom stereocenters. The molecular weight excluding hydrogens is 424 g/mol. The molecule has 1 atom stereocenters. The lowest BCUT2D eigenvalue weighted by Gasteiger charge is -2.16. The van der Waals surface area contributed by atoms with Crippen LogP contribution in [0, 0.1) is 19.3 Å². The minimum atomic E-state index is -0.100. The Hall–Kier alpha value is -2.36. The fraction of sp³-hybridized carbons (Fsp3) is 0.400. The first-order valence-corrected chi connectivity index (χ1v) is 11.1. The second-order valence-electron chi connectivity index (χ2n) is 7.24. The Morgan fingerprint density at radius 1 is 1.47 bits per heavy atom. The van der Waals surface area contributed by atoms with Gasteiger partial charge in [-0.25, -0.2) is 4.98 Å². The third-order valence-electron chi connectivity index (χ3n) is 5.14. The van der Waals surface area contributed by atoms with Gasteiger partial charge in [0, 0.05) is 23.9 Å². The predicted molar refractivity (Wildman–Crippen MR) is 116 cm³/mol. The summed E-state index contributed by atoms with van der Waals surface area (Å²) in [4.78, 5) is 17.0. The number of nitrogens with zero attached hydrogens (tertiary/aromatic N) is 3. The number of hydrogen-bond donors (Lipinski definition) is 3. The Balaban J connectivity index is 1.65. The quantitative estimate of drug-likeness (QED) is 0.398. The highest BCUT2D eigenvalue weighted by Gasteiger charge is 2.19. The number of rotatable bonds is 6. The molecule has 4 rings (SSSR count). The Morgan fingerprint density at radius 3 is 3.07 bits per heavy atom. The lowest BCUT2D eigenvalue weighted by molar-refractivity contribution is -0.119. The van der Waals surface area contributed by atoms with Crippen molar-refractivity contribution in [3.63, 3.8) is 0 Å². The van der Waals surface area contributed by atoms with Crippen molar-refractivity contribution in [3.05, 3.63) is 40.0 Å². The maximum atomic E-state index is 12.4. The molecule has 2 aromatic heterocycles. The highest BCUT2D eigenvalue weighted by atomic mass is 35.5. The van der Waals surface area contributed by atoms with E-state index in [1.54, 1.807) is 4.57 Å². The van der Waals surface area contributed by atoms with Crippen LogP contribution in [0.4, 0.5) is 0 Å². The van der Waals surface area contributed by atoms with Gasteiger partial charge in [0.05, 0.1) is 22.9 Å². The van der Waals surface area contributed by atoms with E-state index in [0.29, 0.717) is 27.8 Å². The molecule has 1 aliphatic rings. The van der Waals surface area contributed by atoms with Crippen LogP contribution in [0.5, 0.6) is 0 Å².